The summed E-state index contributed by atoms with van der Waals surface area (Å²) in [6.07, 6.45) is 0. The van der Waals surface area contributed by atoms with Crippen LogP contribution in [0.1, 0.15) is 222 Å². The molecule has 0 aliphatic carbocycles. The second-order valence-electron chi connectivity index (χ2n) is 24.6. The van der Waals surface area contributed by atoms with Crippen LogP contribution in [0.15, 0.2) is 11.0 Å². The van der Waals surface area contributed by atoms with Crippen LogP contribution in [-0.2, 0) is 53.2 Å². The Kier molecular flexibility index (Phi) is 17.1. The average Bonchev–Trinajstić information content (AvgIpc) is 3.86. The minimum absolute atomic E-state index is 0.0280. The number of H-pyrrole nitrogens is 4. The molecule has 0 fully saturated rings. The summed E-state index contributed by atoms with van der Waals surface area (Å²) >= 11 is 0. The number of nitrogens with zero attached hydrogens (tertiary/aromatic N) is 5. The molecule has 0 aliphatic rings. The topological polar surface area (TPSA) is 229 Å². The zero-order chi connectivity index (χ0) is 51.9. The number of rotatable bonds is 3. The zero-order valence-corrected chi connectivity index (χ0v) is 44.2. The third-order valence-corrected chi connectivity index (χ3v) is 11.3. The van der Waals surface area contributed by atoms with Gasteiger partial charge in [-0.1, -0.05) is 166 Å². The molecule has 0 unspecified atom stereocenters. The van der Waals surface area contributed by atoms with E-state index in [1.165, 1.54) is 5.69 Å². The molecular formula is C46H78F3N9O6S. The first-order valence-corrected chi connectivity index (χ1v) is 22.9. The number of aromatic amines is 4. The maximum absolute atomic E-state index is 12.9. The molecule has 4 aromatic rings. The molecule has 0 aromatic carbocycles. The van der Waals surface area contributed by atoms with Crippen LogP contribution < -0.4 is 0 Å². The number of aromatic carboxylic acids is 1. The molecule has 4 aromatic heterocycles. The lowest BCUT2D eigenvalue weighted by molar-refractivity contribution is -0.387. The number of carboxylic acid groups (broad SMARTS) is 1. The van der Waals surface area contributed by atoms with Gasteiger partial charge in [-0.3, -0.25) is 30.5 Å². The summed E-state index contributed by atoms with van der Waals surface area (Å²) < 4.78 is 62.4. The third kappa shape index (κ3) is 15.0. The van der Waals surface area contributed by atoms with Crippen molar-refractivity contribution in [2.24, 2.45) is 0 Å². The van der Waals surface area contributed by atoms with Gasteiger partial charge in [0.15, 0.2) is 0 Å². The van der Waals surface area contributed by atoms with Gasteiger partial charge >= 0.3 is 17.2 Å². The predicted molar refractivity (Wildman–Crippen MR) is 251 cm³/mol. The van der Waals surface area contributed by atoms with Crippen LogP contribution in [0.4, 0.5) is 18.9 Å². The van der Waals surface area contributed by atoms with Crippen molar-refractivity contribution in [3.63, 3.8) is 0 Å². The number of carboxylic acids is 1. The number of sulfone groups is 1. The predicted octanol–water partition coefficient (Wildman–Crippen LogP) is 11.9. The summed E-state index contributed by atoms with van der Waals surface area (Å²) in [5.74, 6) is -0.913. The third-order valence-electron chi connectivity index (χ3n) is 9.73. The Bertz CT molecular complexity index is 2160. The number of nitrogens with one attached hydrogen (secondary N) is 4. The van der Waals surface area contributed by atoms with E-state index in [9.17, 15) is 41.6 Å². The number of halogens is 3. The molecule has 0 saturated carbocycles. The van der Waals surface area contributed by atoms with Gasteiger partial charge in [-0.15, -0.1) is 0 Å². The lowest BCUT2D eigenvalue weighted by atomic mass is 9.83. The lowest BCUT2D eigenvalue weighted by Gasteiger charge is -2.22. The highest BCUT2D eigenvalue weighted by molar-refractivity contribution is 7.92. The van der Waals surface area contributed by atoms with E-state index in [1.54, 1.807) is 41.5 Å². The number of aromatic nitrogens is 8. The molecule has 15 nitrogen and oxygen atoms in total. The van der Waals surface area contributed by atoms with Crippen molar-refractivity contribution in [2.45, 2.75) is 220 Å². The van der Waals surface area contributed by atoms with Gasteiger partial charge in [0.2, 0.25) is 0 Å². The molecule has 4 heterocycles. The maximum Gasteiger partial charge on any atom is 0.502 e. The Morgan fingerprint density at radius 2 is 0.908 bits per heavy atom. The van der Waals surface area contributed by atoms with Crippen LogP contribution in [0.3, 0.4) is 0 Å². The Morgan fingerprint density at radius 1 is 0.538 bits per heavy atom. The normalized spacial score (nSPS) is 13.5. The van der Waals surface area contributed by atoms with Gasteiger partial charge in [0.25, 0.3) is 9.84 Å². The molecule has 5 N–H and O–H groups in total. The fraction of sp³-hybridized carbons (Fsp3) is 0.717. The number of alkyl halides is 3. The molecule has 0 atom stereocenters. The quantitative estimate of drug-likeness (QED) is 0.0963. The van der Waals surface area contributed by atoms with Crippen LogP contribution in [-0.4, -0.2) is 70.7 Å². The van der Waals surface area contributed by atoms with Gasteiger partial charge in [-0.25, -0.2) is 13.2 Å². The van der Waals surface area contributed by atoms with E-state index in [2.05, 4.69) is 88.4 Å². The van der Waals surface area contributed by atoms with Crippen LogP contribution in [0.5, 0.6) is 0 Å². The highest BCUT2D eigenvalue weighted by Crippen LogP contribution is 2.41. The first-order chi connectivity index (χ1) is 28.4. The van der Waals surface area contributed by atoms with Gasteiger partial charge in [-0.05, 0) is 6.07 Å². The van der Waals surface area contributed by atoms with Crippen molar-refractivity contribution >= 4 is 21.5 Å². The van der Waals surface area contributed by atoms with Gasteiger partial charge < -0.3 is 5.11 Å². The summed E-state index contributed by atoms with van der Waals surface area (Å²) in [5.41, 5.74) is -2.76. The fourth-order valence-electron chi connectivity index (χ4n) is 6.01. The molecule has 65 heavy (non-hydrogen) atoms. The van der Waals surface area contributed by atoms with E-state index in [4.69, 9.17) is 0 Å². The minimum atomic E-state index is -5.45. The fourth-order valence-corrected chi connectivity index (χ4v) is 7.47. The number of hydrogen-bond donors (Lipinski definition) is 5. The van der Waals surface area contributed by atoms with Crippen LogP contribution >= 0.6 is 0 Å². The molecule has 19 heteroatoms. The first-order valence-electron chi connectivity index (χ1n) is 21.4. The van der Waals surface area contributed by atoms with Crippen molar-refractivity contribution in [3.8, 4) is 0 Å². The van der Waals surface area contributed by atoms with Crippen molar-refractivity contribution in [3.05, 3.63) is 67.3 Å². The second kappa shape index (κ2) is 19.0. The number of hydrogen-bond acceptors (Lipinski definition) is 9. The molecule has 0 amide bonds. The zero-order valence-electron chi connectivity index (χ0n) is 43.3. The highest BCUT2D eigenvalue weighted by Gasteiger charge is 2.52. The Hall–Kier alpha value is -4.55. The van der Waals surface area contributed by atoms with E-state index in [-0.39, 0.29) is 54.5 Å². The molecule has 0 saturated heterocycles. The standard InChI is InChI=1S/C12H19F3N2O2S.C12H20N2O2.C11H19N3O2.C11H20N2/c1-10(2,3)8-7(20(18,19)12(13,14)15)9(17-16-8)11(4,5)6;1-11(2,3)8-7(10(15)16)9(14-13-8)12(4,5)6;1-10(2,3)8-7(14(15)16)9(13-12-8)11(4,5)6;1-10(2,3)8-7-9(13-12-8)11(4,5)6/h1-6H3,(H,16,17);1-6H3,(H,13,14)(H,15,16);1-6H3,(H,12,13);7H,1-6H3,(H,12,13). The van der Waals surface area contributed by atoms with E-state index in [0.29, 0.717) is 28.3 Å². The Labute approximate surface area is 384 Å². The van der Waals surface area contributed by atoms with Crippen molar-refractivity contribution < 1.29 is 36.4 Å². The molecular weight excluding hydrogens is 864 g/mol. The summed E-state index contributed by atoms with van der Waals surface area (Å²) in [7, 11) is -5.45. The summed E-state index contributed by atoms with van der Waals surface area (Å²) in [5, 5.41) is 48.1. The van der Waals surface area contributed by atoms with E-state index in [1.807, 2.05) is 83.1 Å². The molecule has 0 aliphatic heterocycles. The van der Waals surface area contributed by atoms with Gasteiger partial charge in [-0.2, -0.15) is 33.6 Å². The van der Waals surface area contributed by atoms with Gasteiger partial charge in [0.1, 0.15) is 21.8 Å². The summed E-state index contributed by atoms with van der Waals surface area (Å²) in [4.78, 5) is 21.4. The average molecular weight is 942 g/mol. The van der Waals surface area contributed by atoms with Crippen LogP contribution in [0.25, 0.3) is 0 Å². The molecule has 0 bridgehead atoms. The van der Waals surface area contributed by atoms with Crippen molar-refractivity contribution in [1.29, 1.82) is 0 Å². The Morgan fingerprint density at radius 3 is 1.20 bits per heavy atom. The van der Waals surface area contributed by atoms with Crippen LogP contribution in [0, 0.1) is 10.1 Å². The van der Waals surface area contributed by atoms with E-state index in [0.717, 1.165) is 5.69 Å². The molecule has 4 rings (SSSR count). The van der Waals surface area contributed by atoms with Crippen molar-refractivity contribution in [1.82, 2.24) is 40.8 Å². The SMILES string of the molecule is CC(C)(C)c1cc(C(C)(C)C)[nH]n1.CC(C)(C)c1n[nH]c(C(C)(C)C)c1C(=O)O.CC(C)(C)c1n[nH]c(C(C)(C)C)c1S(=O)(=O)C(F)(F)F.CC(C)(C)c1n[nH]c(C(C)(C)C)c1[N+](=O)[O-]. The summed E-state index contributed by atoms with van der Waals surface area (Å²) in [6.45, 7) is 46.2. The van der Waals surface area contributed by atoms with Gasteiger partial charge in [0.05, 0.1) is 33.4 Å². The van der Waals surface area contributed by atoms with Crippen molar-refractivity contribution in [2.75, 3.05) is 0 Å². The smallest absolute Gasteiger partial charge is 0.478 e. The lowest BCUT2D eigenvalue weighted by Crippen LogP contribution is -2.29. The van der Waals surface area contributed by atoms with E-state index < -0.39 is 37.0 Å². The minimum Gasteiger partial charge on any atom is -0.478 e. The molecule has 0 radical (unpaired) electrons. The second-order valence-corrected chi connectivity index (χ2v) is 26.5. The highest BCUT2D eigenvalue weighted by atomic mass is 32.2. The molecule has 370 valence electrons. The number of carbonyl (C=O) groups is 1. The molecule has 0 spiro atoms. The number of nitro groups is 1. The first kappa shape index (κ1) is 58.5. The van der Waals surface area contributed by atoms with Crippen LogP contribution in [0.2, 0.25) is 0 Å². The van der Waals surface area contributed by atoms with E-state index >= 15 is 0 Å². The monoisotopic (exact) mass is 942 g/mol. The maximum atomic E-state index is 12.9. The summed E-state index contributed by atoms with van der Waals surface area (Å²) in [6, 6.07) is 2.17. The van der Waals surface area contributed by atoms with Gasteiger partial charge in [0, 0.05) is 49.0 Å². The largest absolute Gasteiger partial charge is 0.502 e. The Balaban J connectivity index is 0.000000438.